The van der Waals surface area contributed by atoms with Gasteiger partial charge in [-0.3, -0.25) is 0 Å². The van der Waals surface area contributed by atoms with E-state index in [2.05, 4.69) is 30.6 Å². The minimum atomic E-state index is -4.44. The summed E-state index contributed by atoms with van der Waals surface area (Å²) < 4.78 is 40.1. The largest absolute Gasteiger partial charge is 0.419 e. The van der Waals surface area contributed by atoms with E-state index < -0.39 is 11.7 Å². The summed E-state index contributed by atoms with van der Waals surface area (Å²) in [4.78, 5) is 20.9. The zero-order valence-electron chi connectivity index (χ0n) is 16.7. The van der Waals surface area contributed by atoms with Crippen molar-refractivity contribution < 1.29 is 13.2 Å². The molecular weight excluding hydrogens is 385 g/mol. The van der Waals surface area contributed by atoms with E-state index in [1.807, 2.05) is 25.7 Å². The fourth-order valence-electron chi connectivity index (χ4n) is 3.28. The molecule has 0 aromatic carbocycles. The van der Waals surface area contributed by atoms with Gasteiger partial charge in [0.15, 0.2) is 0 Å². The van der Waals surface area contributed by atoms with Gasteiger partial charge in [-0.25, -0.2) is 4.98 Å². The quantitative estimate of drug-likeness (QED) is 0.753. The number of pyridine rings is 1. The van der Waals surface area contributed by atoms with Gasteiger partial charge in [0, 0.05) is 45.0 Å². The van der Waals surface area contributed by atoms with Crippen LogP contribution in [0.25, 0.3) is 0 Å². The molecule has 0 amide bonds. The third kappa shape index (κ3) is 4.77. The second kappa shape index (κ2) is 8.66. The number of nitrogens with one attached hydrogen (secondary N) is 2. The first-order chi connectivity index (χ1) is 13.8. The Morgan fingerprint density at radius 1 is 1.07 bits per heavy atom. The SMILES string of the molecule is CCNc1nc(NCC)nc(N2CCN(c3ncccc3C(F)(F)F)CC2C)n1. The first-order valence-electron chi connectivity index (χ1n) is 9.61. The molecule has 1 saturated heterocycles. The van der Waals surface area contributed by atoms with E-state index >= 15 is 0 Å². The first kappa shape index (κ1) is 20.9. The Bertz CT molecular complexity index is 805. The maximum Gasteiger partial charge on any atom is 0.419 e. The number of hydrogen-bond acceptors (Lipinski definition) is 8. The monoisotopic (exact) mass is 410 g/mol. The van der Waals surface area contributed by atoms with Gasteiger partial charge in [0.25, 0.3) is 0 Å². The van der Waals surface area contributed by atoms with Crippen LogP contribution in [0.2, 0.25) is 0 Å². The van der Waals surface area contributed by atoms with Crippen LogP contribution in [-0.4, -0.2) is 58.7 Å². The van der Waals surface area contributed by atoms with Gasteiger partial charge in [-0.05, 0) is 32.9 Å². The van der Waals surface area contributed by atoms with Crippen molar-refractivity contribution in [2.75, 3.05) is 53.2 Å². The fraction of sp³-hybridized carbons (Fsp3) is 0.556. The van der Waals surface area contributed by atoms with Crippen molar-refractivity contribution in [1.82, 2.24) is 19.9 Å². The minimum Gasteiger partial charge on any atom is -0.354 e. The molecular formula is C18H25F3N8. The van der Waals surface area contributed by atoms with E-state index in [1.165, 1.54) is 12.3 Å². The number of alkyl halides is 3. The van der Waals surface area contributed by atoms with Crippen LogP contribution in [0.3, 0.4) is 0 Å². The molecule has 0 bridgehead atoms. The fourth-order valence-corrected chi connectivity index (χ4v) is 3.28. The summed E-state index contributed by atoms with van der Waals surface area (Å²) in [6.45, 7) is 8.38. The highest BCUT2D eigenvalue weighted by atomic mass is 19.4. The molecule has 3 rings (SSSR count). The van der Waals surface area contributed by atoms with Crippen molar-refractivity contribution in [2.24, 2.45) is 0 Å². The van der Waals surface area contributed by atoms with Gasteiger partial charge in [0.2, 0.25) is 17.8 Å². The Morgan fingerprint density at radius 3 is 2.28 bits per heavy atom. The van der Waals surface area contributed by atoms with Gasteiger partial charge >= 0.3 is 6.18 Å². The molecule has 2 aromatic rings. The lowest BCUT2D eigenvalue weighted by molar-refractivity contribution is -0.137. The summed E-state index contributed by atoms with van der Waals surface area (Å²) in [7, 11) is 0. The summed E-state index contributed by atoms with van der Waals surface area (Å²) in [6, 6.07) is 2.26. The predicted octanol–water partition coefficient (Wildman–Crippen LogP) is 2.86. The Labute approximate surface area is 167 Å². The number of halogens is 3. The van der Waals surface area contributed by atoms with E-state index in [0.29, 0.717) is 50.6 Å². The topological polar surface area (TPSA) is 82.1 Å². The van der Waals surface area contributed by atoms with Crippen LogP contribution in [0.5, 0.6) is 0 Å². The number of nitrogens with zero attached hydrogens (tertiary/aromatic N) is 6. The van der Waals surface area contributed by atoms with Gasteiger partial charge in [0.05, 0.1) is 5.56 Å². The van der Waals surface area contributed by atoms with E-state index in [0.717, 1.165) is 6.07 Å². The van der Waals surface area contributed by atoms with Gasteiger partial charge in [0.1, 0.15) is 5.82 Å². The summed E-state index contributed by atoms with van der Waals surface area (Å²) in [5.41, 5.74) is -0.718. The molecule has 29 heavy (non-hydrogen) atoms. The van der Waals surface area contributed by atoms with Crippen LogP contribution >= 0.6 is 0 Å². The van der Waals surface area contributed by atoms with Crippen LogP contribution in [0.4, 0.5) is 36.8 Å². The van der Waals surface area contributed by atoms with E-state index in [9.17, 15) is 13.2 Å². The van der Waals surface area contributed by atoms with Gasteiger partial charge < -0.3 is 20.4 Å². The molecule has 8 nitrogen and oxygen atoms in total. The van der Waals surface area contributed by atoms with Gasteiger partial charge in [-0.15, -0.1) is 0 Å². The molecule has 0 spiro atoms. The summed E-state index contributed by atoms with van der Waals surface area (Å²) in [5, 5.41) is 6.17. The Balaban J connectivity index is 1.83. The zero-order chi connectivity index (χ0) is 21.0. The molecule has 1 aliphatic rings. The normalized spacial score (nSPS) is 17.4. The number of piperazine rings is 1. The Kier molecular flexibility index (Phi) is 6.23. The zero-order valence-corrected chi connectivity index (χ0v) is 16.7. The molecule has 1 aliphatic heterocycles. The molecule has 2 aromatic heterocycles. The molecule has 11 heteroatoms. The summed E-state index contributed by atoms with van der Waals surface area (Å²) in [5.74, 6) is 1.39. The van der Waals surface area contributed by atoms with Crippen LogP contribution in [0.15, 0.2) is 18.3 Å². The number of anilines is 4. The van der Waals surface area contributed by atoms with Crippen LogP contribution in [0.1, 0.15) is 26.3 Å². The highest BCUT2D eigenvalue weighted by Gasteiger charge is 2.37. The lowest BCUT2D eigenvalue weighted by Gasteiger charge is -2.41. The number of rotatable bonds is 6. The summed E-state index contributed by atoms with van der Waals surface area (Å²) in [6.07, 6.45) is -3.06. The van der Waals surface area contributed by atoms with E-state index in [1.54, 1.807) is 4.90 Å². The number of hydrogen-bond donors (Lipinski definition) is 2. The second-order valence-electron chi connectivity index (χ2n) is 6.70. The van der Waals surface area contributed by atoms with Crippen molar-refractivity contribution in [3.05, 3.63) is 23.9 Å². The Hall–Kier alpha value is -2.85. The highest BCUT2D eigenvalue weighted by Crippen LogP contribution is 2.36. The van der Waals surface area contributed by atoms with Crippen LogP contribution in [-0.2, 0) is 6.18 Å². The third-order valence-electron chi connectivity index (χ3n) is 4.57. The molecule has 0 radical (unpaired) electrons. The predicted molar refractivity (Wildman–Crippen MR) is 106 cm³/mol. The number of aromatic nitrogens is 4. The van der Waals surface area contributed by atoms with Gasteiger partial charge in [-0.2, -0.15) is 28.1 Å². The smallest absolute Gasteiger partial charge is 0.354 e. The molecule has 1 atom stereocenters. The minimum absolute atomic E-state index is 0.0381. The molecule has 1 fully saturated rings. The second-order valence-corrected chi connectivity index (χ2v) is 6.70. The first-order valence-corrected chi connectivity index (χ1v) is 9.61. The summed E-state index contributed by atoms with van der Waals surface area (Å²) >= 11 is 0. The molecule has 158 valence electrons. The third-order valence-corrected chi connectivity index (χ3v) is 4.57. The van der Waals surface area contributed by atoms with Crippen molar-refractivity contribution in [3.63, 3.8) is 0 Å². The average Bonchev–Trinajstić information content (AvgIpc) is 2.67. The highest BCUT2D eigenvalue weighted by molar-refractivity contribution is 5.52. The van der Waals surface area contributed by atoms with E-state index in [4.69, 9.17) is 0 Å². The van der Waals surface area contributed by atoms with Crippen molar-refractivity contribution >= 4 is 23.7 Å². The standard InChI is InChI=1S/C18H25F3N8/c1-4-22-15-25-16(23-5-2)27-17(26-15)29-10-9-28(11-12(29)3)14-13(18(19,20)21)7-6-8-24-14/h6-8,12H,4-5,9-11H2,1-3H3,(H2,22,23,25,26,27). The maximum atomic E-state index is 13.4. The van der Waals surface area contributed by atoms with Crippen molar-refractivity contribution in [2.45, 2.75) is 33.0 Å². The average molecular weight is 410 g/mol. The van der Waals surface area contributed by atoms with Crippen molar-refractivity contribution in [1.29, 1.82) is 0 Å². The lowest BCUT2D eigenvalue weighted by atomic mass is 10.1. The van der Waals surface area contributed by atoms with Crippen LogP contribution in [0, 0.1) is 0 Å². The lowest BCUT2D eigenvalue weighted by Crippen LogP contribution is -2.53. The molecule has 0 aliphatic carbocycles. The van der Waals surface area contributed by atoms with Crippen LogP contribution < -0.4 is 20.4 Å². The molecule has 2 N–H and O–H groups in total. The molecule has 0 saturated carbocycles. The maximum absolute atomic E-state index is 13.4. The van der Waals surface area contributed by atoms with Crippen molar-refractivity contribution in [3.8, 4) is 0 Å². The van der Waals surface area contributed by atoms with E-state index in [-0.39, 0.29) is 11.9 Å². The molecule has 3 heterocycles. The molecule has 1 unspecified atom stereocenters. The Morgan fingerprint density at radius 2 is 1.72 bits per heavy atom. The van der Waals surface area contributed by atoms with Gasteiger partial charge in [-0.1, -0.05) is 0 Å².